The van der Waals surface area contributed by atoms with Gasteiger partial charge in [-0.3, -0.25) is 9.78 Å². The number of carbonyl (C=O) groups is 1. The molecule has 2 rings (SSSR count). The average Bonchev–Trinajstić information content (AvgIpc) is 2.37. The van der Waals surface area contributed by atoms with E-state index in [2.05, 4.69) is 4.98 Å². The molecule has 1 amide bonds. The Morgan fingerprint density at radius 2 is 2.17 bits per heavy atom. The van der Waals surface area contributed by atoms with Gasteiger partial charge in [0.15, 0.2) is 0 Å². The van der Waals surface area contributed by atoms with Gasteiger partial charge in [-0.1, -0.05) is 0 Å². The lowest BCUT2D eigenvalue weighted by molar-refractivity contribution is -0.116. The van der Waals surface area contributed by atoms with Gasteiger partial charge in [-0.15, -0.1) is 0 Å². The maximum atomic E-state index is 11.1. The van der Waals surface area contributed by atoms with Crippen molar-refractivity contribution in [1.82, 2.24) is 4.98 Å². The number of hydrogen-bond acceptors (Lipinski definition) is 4. The number of aromatic nitrogens is 1. The molecule has 0 radical (unpaired) electrons. The number of hydrogen-bond donors (Lipinski definition) is 2. The van der Waals surface area contributed by atoms with E-state index < -0.39 is 0 Å². The molecule has 0 unspecified atom stereocenters. The molecule has 0 bridgehead atoms. The van der Waals surface area contributed by atoms with Crippen molar-refractivity contribution in [2.24, 2.45) is 5.73 Å². The molecule has 0 aliphatic carbocycles. The summed E-state index contributed by atoms with van der Waals surface area (Å²) in [6, 6.07) is 7.45. The molecule has 4 N–H and O–H groups in total. The molecule has 0 atom stereocenters. The minimum absolute atomic E-state index is 0.173. The highest BCUT2D eigenvalue weighted by atomic mass is 16.1. The lowest BCUT2D eigenvalue weighted by atomic mass is 10.1. The second-order valence-electron chi connectivity index (χ2n) is 4.05. The number of rotatable bonds is 4. The van der Waals surface area contributed by atoms with Crippen LogP contribution in [0.15, 0.2) is 30.5 Å². The molecular weight excluding hydrogens is 228 g/mol. The molecule has 0 spiro atoms. The van der Waals surface area contributed by atoms with E-state index in [9.17, 15) is 4.79 Å². The Morgan fingerprint density at radius 1 is 1.39 bits per heavy atom. The maximum Gasteiger partial charge on any atom is 0.236 e. The fraction of sp³-hybridized carbons (Fsp3) is 0.231. The van der Waals surface area contributed by atoms with Crippen LogP contribution in [-0.4, -0.2) is 24.0 Å². The second-order valence-corrected chi connectivity index (χ2v) is 4.05. The molecule has 2 aromatic rings. The van der Waals surface area contributed by atoms with Gasteiger partial charge >= 0.3 is 0 Å². The number of anilines is 2. The van der Waals surface area contributed by atoms with E-state index in [4.69, 9.17) is 11.5 Å². The smallest absolute Gasteiger partial charge is 0.236 e. The molecule has 0 saturated carbocycles. The number of fused-ring (bicyclic) bond motifs is 1. The minimum atomic E-state index is -0.363. The molecule has 1 aromatic carbocycles. The van der Waals surface area contributed by atoms with Gasteiger partial charge in [0.05, 0.1) is 17.7 Å². The number of nitrogen functional groups attached to an aromatic ring is 1. The van der Waals surface area contributed by atoms with Crippen LogP contribution in [0.2, 0.25) is 0 Å². The zero-order valence-corrected chi connectivity index (χ0v) is 10.3. The van der Waals surface area contributed by atoms with Crippen LogP contribution in [0.4, 0.5) is 11.4 Å². The molecule has 5 nitrogen and oxygen atoms in total. The lowest BCUT2D eigenvalue weighted by Crippen LogP contribution is -2.33. The fourth-order valence-corrected chi connectivity index (χ4v) is 1.99. The number of nitrogens with two attached hydrogens (primary N) is 2. The van der Waals surface area contributed by atoms with Gasteiger partial charge in [0.25, 0.3) is 0 Å². The minimum Gasteiger partial charge on any atom is -0.398 e. The number of amides is 1. The summed E-state index contributed by atoms with van der Waals surface area (Å²) in [6.07, 6.45) is 1.71. The van der Waals surface area contributed by atoms with Crippen LogP contribution in [0.3, 0.4) is 0 Å². The third-order valence-corrected chi connectivity index (χ3v) is 2.85. The Bertz CT molecular complexity index is 582. The predicted octanol–water partition coefficient (Wildman–Crippen LogP) is 1.13. The van der Waals surface area contributed by atoms with E-state index >= 15 is 0 Å². The van der Waals surface area contributed by atoms with Crippen molar-refractivity contribution in [1.29, 1.82) is 0 Å². The molecule has 5 heteroatoms. The van der Waals surface area contributed by atoms with E-state index in [0.717, 1.165) is 16.6 Å². The summed E-state index contributed by atoms with van der Waals surface area (Å²) in [4.78, 5) is 17.3. The van der Waals surface area contributed by atoms with Crippen LogP contribution < -0.4 is 16.4 Å². The van der Waals surface area contributed by atoms with Crippen LogP contribution >= 0.6 is 0 Å². The van der Waals surface area contributed by atoms with E-state index in [1.54, 1.807) is 6.20 Å². The molecule has 0 aliphatic rings. The first kappa shape index (κ1) is 12.2. The van der Waals surface area contributed by atoms with Crippen molar-refractivity contribution in [2.75, 3.05) is 23.7 Å². The Morgan fingerprint density at radius 3 is 2.83 bits per heavy atom. The first-order valence-corrected chi connectivity index (χ1v) is 5.80. The first-order chi connectivity index (χ1) is 8.63. The van der Waals surface area contributed by atoms with Gasteiger partial charge in [0, 0.05) is 23.8 Å². The summed E-state index contributed by atoms with van der Waals surface area (Å²) in [5.41, 5.74) is 13.5. The third-order valence-electron chi connectivity index (χ3n) is 2.85. The van der Waals surface area contributed by atoms with Gasteiger partial charge < -0.3 is 16.4 Å². The monoisotopic (exact) mass is 244 g/mol. The molecular formula is C13H16N4O. The number of pyridine rings is 1. The van der Waals surface area contributed by atoms with Gasteiger partial charge in [-0.05, 0) is 31.2 Å². The van der Waals surface area contributed by atoms with Crippen LogP contribution in [0.1, 0.15) is 6.92 Å². The zero-order valence-electron chi connectivity index (χ0n) is 10.3. The quantitative estimate of drug-likeness (QED) is 0.789. The highest BCUT2D eigenvalue weighted by Gasteiger charge is 2.12. The summed E-state index contributed by atoms with van der Waals surface area (Å²) < 4.78 is 0. The van der Waals surface area contributed by atoms with Gasteiger partial charge in [0.1, 0.15) is 0 Å². The van der Waals surface area contributed by atoms with Crippen molar-refractivity contribution in [2.45, 2.75) is 6.92 Å². The normalized spacial score (nSPS) is 10.5. The van der Waals surface area contributed by atoms with Gasteiger partial charge in [-0.2, -0.15) is 0 Å². The van der Waals surface area contributed by atoms with Gasteiger partial charge in [0.2, 0.25) is 5.91 Å². The highest BCUT2D eigenvalue weighted by molar-refractivity contribution is 5.99. The van der Waals surface area contributed by atoms with E-state index in [0.29, 0.717) is 12.2 Å². The first-order valence-electron chi connectivity index (χ1n) is 5.80. The number of carbonyl (C=O) groups excluding carboxylic acids is 1. The van der Waals surface area contributed by atoms with Crippen molar-refractivity contribution in [3.8, 4) is 0 Å². The van der Waals surface area contributed by atoms with Crippen molar-refractivity contribution in [3.05, 3.63) is 30.5 Å². The summed E-state index contributed by atoms with van der Waals surface area (Å²) >= 11 is 0. The van der Waals surface area contributed by atoms with Crippen LogP contribution in [-0.2, 0) is 4.79 Å². The van der Waals surface area contributed by atoms with E-state index in [1.807, 2.05) is 36.1 Å². The third kappa shape index (κ3) is 2.20. The average molecular weight is 244 g/mol. The summed E-state index contributed by atoms with van der Waals surface area (Å²) in [5.74, 6) is -0.363. The Labute approximate surface area is 105 Å². The molecule has 1 aromatic heterocycles. The fourth-order valence-electron chi connectivity index (χ4n) is 1.99. The summed E-state index contributed by atoms with van der Waals surface area (Å²) in [5, 5.41) is 0.887. The van der Waals surface area contributed by atoms with E-state index in [-0.39, 0.29) is 12.5 Å². The van der Waals surface area contributed by atoms with Crippen LogP contribution in [0.25, 0.3) is 10.9 Å². The second kappa shape index (κ2) is 4.91. The topological polar surface area (TPSA) is 85.2 Å². The molecule has 94 valence electrons. The van der Waals surface area contributed by atoms with Crippen LogP contribution in [0, 0.1) is 0 Å². The van der Waals surface area contributed by atoms with Crippen molar-refractivity contribution < 1.29 is 4.79 Å². The van der Waals surface area contributed by atoms with E-state index in [1.165, 1.54) is 0 Å². The number of likely N-dealkylation sites (N-methyl/N-ethyl adjacent to an activating group) is 1. The van der Waals surface area contributed by atoms with Crippen molar-refractivity contribution >= 4 is 28.2 Å². The largest absolute Gasteiger partial charge is 0.398 e. The molecule has 0 fully saturated rings. The predicted molar refractivity (Wildman–Crippen MR) is 73.2 cm³/mol. The standard InChI is InChI=1S/C13H16N4O/c1-2-17(8-12(15)18)11-6-5-10(14)9-4-3-7-16-13(9)11/h3-7H,2,8,14H2,1H3,(H2,15,18). The van der Waals surface area contributed by atoms with Crippen molar-refractivity contribution in [3.63, 3.8) is 0 Å². The SMILES string of the molecule is CCN(CC(N)=O)c1ccc(N)c2cccnc12. The highest BCUT2D eigenvalue weighted by Crippen LogP contribution is 2.28. The molecule has 1 heterocycles. The molecule has 0 saturated heterocycles. The lowest BCUT2D eigenvalue weighted by Gasteiger charge is -2.22. The number of benzene rings is 1. The zero-order chi connectivity index (χ0) is 13.1. The summed E-state index contributed by atoms with van der Waals surface area (Å²) in [7, 11) is 0. The number of primary amides is 1. The molecule has 18 heavy (non-hydrogen) atoms. The summed E-state index contributed by atoms with van der Waals surface area (Å²) in [6.45, 7) is 2.82. The van der Waals surface area contributed by atoms with Gasteiger partial charge in [-0.25, -0.2) is 0 Å². The molecule has 0 aliphatic heterocycles. The Kier molecular flexibility index (Phi) is 3.32. The maximum absolute atomic E-state index is 11.1. The Balaban J connectivity index is 2.56. The Hall–Kier alpha value is -2.30. The number of nitrogens with zero attached hydrogens (tertiary/aromatic N) is 2. The van der Waals surface area contributed by atoms with Crippen LogP contribution in [0.5, 0.6) is 0 Å².